The van der Waals surface area contributed by atoms with E-state index in [-0.39, 0.29) is 0 Å². The molecule has 0 N–H and O–H groups in total. The van der Waals surface area contributed by atoms with Gasteiger partial charge in [0.2, 0.25) is 0 Å². The van der Waals surface area contributed by atoms with Crippen LogP contribution in [-0.2, 0) is 20.0 Å². The second kappa shape index (κ2) is 6.19. The van der Waals surface area contributed by atoms with Gasteiger partial charge in [0.15, 0.2) is 0 Å². The highest BCUT2D eigenvalue weighted by molar-refractivity contribution is 7.99. The quantitative estimate of drug-likeness (QED) is 0.469. The van der Waals surface area contributed by atoms with E-state index in [4.69, 9.17) is 0 Å². The maximum absolute atomic E-state index is 2.43. The lowest BCUT2D eigenvalue weighted by Crippen LogP contribution is -2.26. The predicted molar refractivity (Wildman–Crippen MR) is 111 cm³/mol. The molecular weight excluding hydrogens is 336 g/mol. The fourth-order valence-corrected chi connectivity index (χ4v) is 5.25. The van der Waals surface area contributed by atoms with Crippen LogP contribution in [0.4, 0.5) is 0 Å². The number of benzene rings is 3. The van der Waals surface area contributed by atoms with Crippen molar-refractivity contribution in [2.45, 2.75) is 22.8 Å². The molecule has 26 heavy (non-hydrogen) atoms. The Bertz CT molecular complexity index is 1130. The van der Waals surface area contributed by atoms with Crippen molar-refractivity contribution < 1.29 is 0 Å². The Morgan fingerprint density at radius 3 is 2.62 bits per heavy atom. The van der Waals surface area contributed by atoms with E-state index in [1.165, 1.54) is 42.7 Å². The number of para-hydroxylation sites is 1. The molecule has 4 aromatic rings. The van der Waals surface area contributed by atoms with Crippen molar-refractivity contribution in [2.24, 2.45) is 7.05 Å². The number of fused-ring (bicyclic) bond motifs is 4. The third kappa shape index (κ3) is 2.54. The summed E-state index contributed by atoms with van der Waals surface area (Å²) in [7, 11) is 4.45. The lowest BCUT2D eigenvalue weighted by Gasteiger charge is -2.23. The summed E-state index contributed by atoms with van der Waals surface area (Å²) in [6.07, 6.45) is 1.14. The van der Waals surface area contributed by atoms with Gasteiger partial charge in [-0.25, -0.2) is 0 Å². The monoisotopic (exact) mass is 358 g/mol. The van der Waals surface area contributed by atoms with Crippen LogP contribution < -0.4 is 0 Å². The fourth-order valence-electron chi connectivity index (χ4n) is 4.19. The van der Waals surface area contributed by atoms with E-state index in [0.717, 1.165) is 19.5 Å². The van der Waals surface area contributed by atoms with Crippen molar-refractivity contribution in [3.8, 4) is 0 Å². The highest BCUT2D eigenvalue weighted by Crippen LogP contribution is 2.39. The van der Waals surface area contributed by atoms with E-state index in [2.05, 4.69) is 84.2 Å². The number of hydrogen-bond donors (Lipinski definition) is 0. The van der Waals surface area contributed by atoms with Gasteiger partial charge in [0.25, 0.3) is 0 Å². The lowest BCUT2D eigenvalue weighted by molar-refractivity contribution is 0.310. The first-order valence-corrected chi connectivity index (χ1v) is 9.97. The van der Waals surface area contributed by atoms with Crippen LogP contribution in [0.1, 0.15) is 11.3 Å². The van der Waals surface area contributed by atoms with Crippen LogP contribution >= 0.6 is 11.8 Å². The van der Waals surface area contributed by atoms with E-state index in [1.807, 2.05) is 11.8 Å². The third-order valence-corrected chi connectivity index (χ3v) is 6.56. The fraction of sp³-hybridized carbons (Fsp3) is 0.217. The Hall–Kier alpha value is -2.23. The number of nitrogens with zero attached hydrogens (tertiary/aromatic N) is 2. The first-order valence-electron chi connectivity index (χ1n) is 9.15. The minimum atomic E-state index is 1.05. The van der Waals surface area contributed by atoms with Crippen LogP contribution in [0.15, 0.2) is 70.5 Å². The number of aryl methyl sites for hydroxylation is 1. The molecule has 130 valence electrons. The average molecular weight is 359 g/mol. The number of likely N-dealkylation sites (N-methyl/N-ethyl adjacent to an activating group) is 1. The minimum absolute atomic E-state index is 1.05. The summed E-state index contributed by atoms with van der Waals surface area (Å²) in [5.74, 6) is 0. The summed E-state index contributed by atoms with van der Waals surface area (Å²) in [5.41, 5.74) is 4.40. The van der Waals surface area contributed by atoms with Gasteiger partial charge in [0.05, 0.1) is 5.52 Å². The van der Waals surface area contributed by atoms with Gasteiger partial charge in [-0.15, -0.1) is 0 Å². The van der Waals surface area contributed by atoms with Crippen LogP contribution in [0, 0.1) is 0 Å². The van der Waals surface area contributed by atoms with Crippen molar-refractivity contribution in [1.29, 1.82) is 0 Å². The highest BCUT2D eigenvalue weighted by Gasteiger charge is 2.22. The third-order valence-electron chi connectivity index (χ3n) is 5.52. The van der Waals surface area contributed by atoms with Crippen molar-refractivity contribution in [3.63, 3.8) is 0 Å². The maximum atomic E-state index is 2.43. The first kappa shape index (κ1) is 16.0. The van der Waals surface area contributed by atoms with Gasteiger partial charge in [-0.3, -0.25) is 0 Å². The lowest BCUT2D eigenvalue weighted by atomic mass is 10.1. The van der Waals surface area contributed by atoms with Crippen molar-refractivity contribution in [2.75, 3.05) is 13.6 Å². The van der Waals surface area contributed by atoms with E-state index in [9.17, 15) is 0 Å². The zero-order chi connectivity index (χ0) is 17.7. The molecule has 0 fully saturated rings. The van der Waals surface area contributed by atoms with Crippen molar-refractivity contribution in [3.05, 3.63) is 71.9 Å². The molecule has 1 aliphatic heterocycles. The topological polar surface area (TPSA) is 8.17 Å². The van der Waals surface area contributed by atoms with E-state index >= 15 is 0 Å². The van der Waals surface area contributed by atoms with Crippen LogP contribution in [0.3, 0.4) is 0 Å². The number of hydrogen-bond acceptors (Lipinski definition) is 2. The molecule has 0 saturated carbocycles. The summed E-state index contributed by atoms with van der Waals surface area (Å²) >= 11 is 1.88. The molecule has 2 heterocycles. The number of rotatable bonds is 2. The smallest absolute Gasteiger partial charge is 0.0625 e. The van der Waals surface area contributed by atoms with Gasteiger partial charge in [-0.2, -0.15) is 0 Å². The molecule has 0 aliphatic carbocycles. The summed E-state index contributed by atoms with van der Waals surface area (Å²) in [4.78, 5) is 5.06. The summed E-state index contributed by atoms with van der Waals surface area (Å²) in [6.45, 7) is 2.20. The van der Waals surface area contributed by atoms with Gasteiger partial charge in [-0.05, 0) is 41.6 Å². The van der Waals surface area contributed by atoms with Gasteiger partial charge in [0.1, 0.15) is 0 Å². The molecule has 0 bridgehead atoms. The normalized spacial score (nSPS) is 14.8. The molecule has 0 radical (unpaired) electrons. The van der Waals surface area contributed by atoms with Crippen LogP contribution in [0.25, 0.3) is 21.7 Å². The molecular formula is C23H22N2S. The Morgan fingerprint density at radius 1 is 0.885 bits per heavy atom. The predicted octanol–water partition coefficient (Wildman–Crippen LogP) is 5.47. The molecule has 1 aromatic heterocycles. The van der Waals surface area contributed by atoms with Crippen molar-refractivity contribution in [1.82, 2.24) is 9.47 Å². The second-order valence-electron chi connectivity index (χ2n) is 7.24. The summed E-state index contributed by atoms with van der Waals surface area (Å²) in [6, 6.07) is 22.1. The largest absolute Gasteiger partial charge is 0.346 e. The van der Waals surface area contributed by atoms with Crippen LogP contribution in [0.2, 0.25) is 0 Å². The Balaban J connectivity index is 1.62. The van der Waals surface area contributed by atoms with E-state index < -0.39 is 0 Å². The SMILES string of the molecule is CN1CCc2c(c3cccc(Sc4ccc5ccccc5c4)c3n2C)C1. The van der Waals surface area contributed by atoms with Gasteiger partial charge in [0, 0.05) is 47.4 Å². The highest BCUT2D eigenvalue weighted by atomic mass is 32.2. The maximum Gasteiger partial charge on any atom is 0.0625 e. The molecule has 0 spiro atoms. The Kier molecular flexibility index (Phi) is 3.80. The molecule has 2 nitrogen and oxygen atoms in total. The van der Waals surface area contributed by atoms with Gasteiger partial charge < -0.3 is 9.47 Å². The van der Waals surface area contributed by atoms with Gasteiger partial charge >= 0.3 is 0 Å². The Morgan fingerprint density at radius 2 is 1.73 bits per heavy atom. The van der Waals surface area contributed by atoms with Crippen LogP contribution in [-0.4, -0.2) is 23.1 Å². The van der Waals surface area contributed by atoms with Crippen molar-refractivity contribution >= 4 is 33.4 Å². The molecule has 0 atom stereocenters. The average Bonchev–Trinajstić information content (AvgIpc) is 2.94. The second-order valence-corrected chi connectivity index (χ2v) is 8.35. The van der Waals surface area contributed by atoms with E-state index in [1.54, 1.807) is 0 Å². The zero-order valence-electron chi connectivity index (χ0n) is 15.2. The summed E-state index contributed by atoms with van der Waals surface area (Å²) in [5, 5.41) is 4.02. The Labute approximate surface area is 158 Å². The van der Waals surface area contributed by atoms with Gasteiger partial charge in [-0.1, -0.05) is 54.2 Å². The molecule has 3 heteroatoms. The number of aromatic nitrogens is 1. The standard InChI is InChI=1S/C23H22N2S/c1-24-13-12-21-20(15-24)19-8-5-9-22(23(19)25(21)2)26-18-11-10-16-6-3-4-7-17(16)14-18/h3-11,14H,12-13,15H2,1-2H3. The zero-order valence-corrected chi connectivity index (χ0v) is 16.0. The summed E-state index contributed by atoms with van der Waals surface area (Å²) < 4.78 is 2.43. The molecule has 0 amide bonds. The molecule has 5 rings (SSSR count). The van der Waals surface area contributed by atoms with Crippen LogP contribution in [0.5, 0.6) is 0 Å². The first-order chi connectivity index (χ1) is 12.7. The van der Waals surface area contributed by atoms with E-state index in [0.29, 0.717) is 0 Å². The minimum Gasteiger partial charge on any atom is -0.346 e. The molecule has 0 saturated heterocycles. The molecule has 1 aliphatic rings. The molecule has 3 aromatic carbocycles. The molecule has 0 unspecified atom stereocenters.